The lowest BCUT2D eigenvalue weighted by Gasteiger charge is -2.16. The molecule has 4 aromatic carbocycles. The van der Waals surface area contributed by atoms with E-state index in [-0.39, 0.29) is 30.2 Å². The minimum Gasteiger partial charge on any atom is -0.497 e. The van der Waals surface area contributed by atoms with Crippen LogP contribution in [-0.4, -0.2) is 51.8 Å². The average Bonchev–Trinajstić information content (AvgIpc) is 3.34. The van der Waals surface area contributed by atoms with Crippen LogP contribution in [-0.2, 0) is 17.9 Å². The van der Waals surface area contributed by atoms with E-state index in [1.54, 1.807) is 66.6 Å². The molecule has 0 atom stereocenters. The van der Waals surface area contributed by atoms with Crippen LogP contribution in [0.1, 0.15) is 44.3 Å². The van der Waals surface area contributed by atoms with Crippen molar-refractivity contribution in [3.63, 3.8) is 0 Å². The molecule has 10 nitrogen and oxygen atoms in total. The molecule has 12 heteroatoms. The molecule has 0 radical (unpaired) electrons. The summed E-state index contributed by atoms with van der Waals surface area (Å²) in [5, 5.41) is 18.9. The zero-order valence-corrected chi connectivity index (χ0v) is 28.3. The molecule has 47 heavy (non-hydrogen) atoms. The third kappa shape index (κ3) is 8.32. The van der Waals surface area contributed by atoms with Crippen molar-refractivity contribution in [3.05, 3.63) is 121 Å². The SMILES string of the molecule is CCOc1cc(/C=C2\SC(=Nc3ccc(OC)cc3)N(Cc3ccc(C(=O)O)cc3)C2=O)cc(I)c1OCc1ccc(C(=O)O)cc1. The molecule has 5 rings (SSSR count). The third-order valence-corrected chi connectivity index (χ3v) is 8.75. The Morgan fingerprint density at radius 1 is 0.894 bits per heavy atom. The van der Waals surface area contributed by atoms with Gasteiger partial charge in [0.15, 0.2) is 16.7 Å². The Labute approximate surface area is 288 Å². The quantitative estimate of drug-likeness (QED) is 0.111. The number of nitrogens with zero attached hydrogens (tertiary/aromatic N) is 2. The van der Waals surface area contributed by atoms with Crippen molar-refractivity contribution >= 4 is 69.1 Å². The van der Waals surface area contributed by atoms with Gasteiger partial charge in [-0.3, -0.25) is 9.69 Å². The Kier molecular flexibility index (Phi) is 10.8. The summed E-state index contributed by atoms with van der Waals surface area (Å²) in [5.74, 6) is -0.540. The number of aliphatic imine (C=N–C) groups is 1. The number of carboxylic acids is 2. The minimum atomic E-state index is -1.02. The smallest absolute Gasteiger partial charge is 0.335 e. The molecule has 4 aromatic rings. The van der Waals surface area contributed by atoms with Crippen LogP contribution in [0.2, 0.25) is 0 Å². The van der Waals surface area contributed by atoms with Crippen LogP contribution in [0, 0.1) is 3.57 Å². The van der Waals surface area contributed by atoms with E-state index < -0.39 is 11.9 Å². The van der Waals surface area contributed by atoms with Gasteiger partial charge in [-0.2, -0.15) is 0 Å². The molecule has 0 unspecified atom stereocenters. The van der Waals surface area contributed by atoms with Crippen LogP contribution >= 0.6 is 34.4 Å². The number of hydrogen-bond donors (Lipinski definition) is 2. The number of hydrogen-bond acceptors (Lipinski definition) is 8. The van der Waals surface area contributed by atoms with Gasteiger partial charge in [0, 0.05) is 0 Å². The lowest BCUT2D eigenvalue weighted by molar-refractivity contribution is -0.122. The van der Waals surface area contributed by atoms with Gasteiger partial charge in [0.2, 0.25) is 0 Å². The topological polar surface area (TPSA) is 135 Å². The Morgan fingerprint density at radius 2 is 1.51 bits per heavy atom. The standard InChI is InChI=1S/C35H29IN2O8S/c1-3-45-29-17-23(16-28(36)31(29)46-20-22-6-10-25(11-7-22)34(42)43)18-30-32(39)38(19-21-4-8-24(9-5-21)33(40)41)35(47-30)37-26-12-14-27(44-2)15-13-26/h4-18H,3,19-20H2,1-2H3,(H,40,41)(H,42,43)/b30-18-,37-35?. The number of benzene rings is 4. The number of carbonyl (C=O) groups is 3. The van der Waals surface area contributed by atoms with Crippen molar-refractivity contribution in [3.8, 4) is 17.2 Å². The second kappa shape index (κ2) is 15.2. The second-order valence-corrected chi connectivity index (χ2v) is 12.3. The molecule has 1 heterocycles. The molecule has 1 aliphatic rings. The van der Waals surface area contributed by atoms with Crippen LogP contribution in [0.15, 0.2) is 94.8 Å². The molecule has 1 saturated heterocycles. The van der Waals surface area contributed by atoms with Gasteiger partial charge in [-0.05, 0) is 125 Å². The number of ether oxygens (including phenoxy) is 3. The number of methoxy groups -OCH3 is 1. The molecule has 2 N–H and O–H groups in total. The number of amidine groups is 1. The van der Waals surface area contributed by atoms with Crippen molar-refractivity contribution in [1.82, 2.24) is 4.90 Å². The van der Waals surface area contributed by atoms with Gasteiger partial charge >= 0.3 is 11.9 Å². The van der Waals surface area contributed by atoms with E-state index in [4.69, 9.17) is 24.3 Å². The first-order chi connectivity index (χ1) is 22.6. The second-order valence-electron chi connectivity index (χ2n) is 10.2. The predicted octanol–water partition coefficient (Wildman–Crippen LogP) is 7.48. The number of carboxylic acid groups (broad SMARTS) is 2. The lowest BCUT2D eigenvalue weighted by atomic mass is 10.1. The van der Waals surface area contributed by atoms with Crippen molar-refractivity contribution in [2.24, 2.45) is 4.99 Å². The van der Waals surface area contributed by atoms with E-state index in [1.165, 1.54) is 36.0 Å². The van der Waals surface area contributed by atoms with Crippen LogP contribution in [0.4, 0.5) is 5.69 Å². The van der Waals surface area contributed by atoms with Crippen LogP contribution in [0.5, 0.6) is 17.2 Å². The maximum atomic E-state index is 13.8. The number of thioether (sulfide) groups is 1. The highest BCUT2D eigenvalue weighted by Crippen LogP contribution is 2.39. The molecule has 0 aromatic heterocycles. The molecule has 1 aliphatic heterocycles. The normalized spacial score (nSPS) is 14.4. The zero-order chi connectivity index (χ0) is 33.5. The van der Waals surface area contributed by atoms with Crippen molar-refractivity contribution in [1.29, 1.82) is 0 Å². The first-order valence-corrected chi connectivity index (χ1v) is 16.2. The maximum Gasteiger partial charge on any atom is 0.335 e. The molecule has 1 fully saturated rings. The van der Waals surface area contributed by atoms with Gasteiger partial charge in [-0.15, -0.1) is 0 Å². The molecule has 1 amide bonds. The van der Waals surface area contributed by atoms with Crippen molar-refractivity contribution in [2.75, 3.05) is 13.7 Å². The highest BCUT2D eigenvalue weighted by molar-refractivity contribution is 14.1. The highest BCUT2D eigenvalue weighted by Gasteiger charge is 2.34. The predicted molar refractivity (Wildman–Crippen MR) is 188 cm³/mol. The maximum absolute atomic E-state index is 13.8. The molecule has 0 aliphatic carbocycles. The first kappa shape index (κ1) is 33.5. The largest absolute Gasteiger partial charge is 0.497 e. The Balaban J connectivity index is 1.44. The van der Waals surface area contributed by atoms with E-state index in [2.05, 4.69) is 22.6 Å². The molecule has 0 saturated carbocycles. The minimum absolute atomic E-state index is 0.159. The molecular weight excluding hydrogens is 735 g/mol. The third-order valence-electron chi connectivity index (χ3n) is 6.94. The lowest BCUT2D eigenvalue weighted by Crippen LogP contribution is -2.28. The number of rotatable bonds is 12. The fourth-order valence-corrected chi connectivity index (χ4v) is 6.34. The van der Waals surface area contributed by atoms with Crippen molar-refractivity contribution in [2.45, 2.75) is 20.1 Å². The number of halogens is 1. The van der Waals surface area contributed by atoms with Crippen LogP contribution in [0.25, 0.3) is 6.08 Å². The zero-order valence-electron chi connectivity index (χ0n) is 25.3. The van der Waals surface area contributed by atoms with Gasteiger partial charge < -0.3 is 24.4 Å². The first-order valence-electron chi connectivity index (χ1n) is 14.3. The van der Waals surface area contributed by atoms with E-state index in [0.717, 1.165) is 20.3 Å². The fraction of sp³-hybridized carbons (Fsp3) is 0.143. The van der Waals surface area contributed by atoms with Gasteiger partial charge in [0.05, 0.1) is 45.6 Å². The van der Waals surface area contributed by atoms with E-state index in [0.29, 0.717) is 39.6 Å². The summed E-state index contributed by atoms with van der Waals surface area (Å²) in [4.78, 5) is 43.1. The average molecular weight is 765 g/mol. The number of aromatic carboxylic acids is 2. The summed E-state index contributed by atoms with van der Waals surface area (Å²) in [6.07, 6.45) is 1.78. The summed E-state index contributed by atoms with van der Waals surface area (Å²) in [5.41, 5.74) is 3.27. The number of amides is 1. The van der Waals surface area contributed by atoms with E-state index >= 15 is 0 Å². The Bertz CT molecular complexity index is 1860. The van der Waals surface area contributed by atoms with Crippen LogP contribution < -0.4 is 14.2 Å². The van der Waals surface area contributed by atoms with E-state index in [1.807, 2.05) is 19.1 Å². The molecular formula is C35H29IN2O8S. The van der Waals surface area contributed by atoms with Gasteiger partial charge in [-0.1, -0.05) is 24.3 Å². The van der Waals surface area contributed by atoms with Gasteiger partial charge in [0.1, 0.15) is 12.4 Å². The monoisotopic (exact) mass is 764 g/mol. The summed E-state index contributed by atoms with van der Waals surface area (Å²) in [6, 6.07) is 23.7. The molecule has 0 bridgehead atoms. The summed E-state index contributed by atoms with van der Waals surface area (Å²) < 4.78 is 18.1. The molecule has 0 spiro atoms. The van der Waals surface area contributed by atoms with Crippen LogP contribution in [0.3, 0.4) is 0 Å². The highest BCUT2D eigenvalue weighted by atomic mass is 127. The Hall–Kier alpha value is -4.82. The van der Waals surface area contributed by atoms with E-state index in [9.17, 15) is 19.5 Å². The summed E-state index contributed by atoms with van der Waals surface area (Å²) in [6.45, 7) is 2.66. The summed E-state index contributed by atoms with van der Waals surface area (Å²) in [7, 11) is 1.58. The fourth-order valence-electron chi connectivity index (χ4n) is 4.56. The Morgan fingerprint density at radius 3 is 2.09 bits per heavy atom. The number of carbonyl (C=O) groups excluding carboxylic acids is 1. The van der Waals surface area contributed by atoms with Gasteiger partial charge in [0.25, 0.3) is 5.91 Å². The summed E-state index contributed by atoms with van der Waals surface area (Å²) >= 11 is 3.40. The molecule has 240 valence electrons. The van der Waals surface area contributed by atoms with Crippen molar-refractivity contribution < 1.29 is 38.8 Å². The van der Waals surface area contributed by atoms with Gasteiger partial charge in [-0.25, -0.2) is 14.6 Å².